The van der Waals surface area contributed by atoms with E-state index in [0.29, 0.717) is 21.8 Å². The van der Waals surface area contributed by atoms with Gasteiger partial charge in [0.05, 0.1) is 11.6 Å². The Bertz CT molecular complexity index is 1280. The van der Waals surface area contributed by atoms with Crippen molar-refractivity contribution in [1.82, 2.24) is 0 Å². The summed E-state index contributed by atoms with van der Waals surface area (Å²) in [6.07, 6.45) is 2.29. The normalized spacial score (nSPS) is 19.8. The minimum Gasteiger partial charge on any atom is -0.507 e. The van der Waals surface area contributed by atoms with Crippen LogP contribution in [0.5, 0.6) is 0 Å². The number of amides is 1. The number of anilines is 2. The molecule has 0 saturated carbocycles. The van der Waals surface area contributed by atoms with Crippen molar-refractivity contribution >= 4 is 40.4 Å². The molecule has 3 aromatic rings. The van der Waals surface area contributed by atoms with E-state index in [1.165, 1.54) is 35.2 Å². The van der Waals surface area contributed by atoms with Crippen LogP contribution in [0, 0.1) is 5.82 Å². The van der Waals surface area contributed by atoms with E-state index in [0.717, 1.165) is 31.6 Å². The summed E-state index contributed by atoms with van der Waals surface area (Å²) in [5, 5.41) is 11.5. The van der Waals surface area contributed by atoms with Gasteiger partial charge in [-0.25, -0.2) is 4.39 Å². The zero-order valence-corrected chi connectivity index (χ0v) is 19.0. The minimum atomic E-state index is -0.919. The van der Waals surface area contributed by atoms with Crippen molar-refractivity contribution in [1.29, 1.82) is 0 Å². The van der Waals surface area contributed by atoms with Crippen LogP contribution in [-0.2, 0) is 9.59 Å². The molecule has 1 N–H and O–H groups in total. The highest BCUT2D eigenvalue weighted by molar-refractivity contribution is 6.51. The summed E-state index contributed by atoms with van der Waals surface area (Å²) >= 11 is 6.08. The zero-order valence-electron chi connectivity index (χ0n) is 18.2. The fourth-order valence-corrected chi connectivity index (χ4v) is 4.84. The Balaban J connectivity index is 1.63. The summed E-state index contributed by atoms with van der Waals surface area (Å²) in [4.78, 5) is 30.1. The molecule has 2 aliphatic rings. The zero-order chi connectivity index (χ0) is 23.8. The number of carbonyl (C=O) groups is 2. The number of ketones is 1. The highest BCUT2D eigenvalue weighted by atomic mass is 35.5. The van der Waals surface area contributed by atoms with Gasteiger partial charge >= 0.3 is 0 Å². The Labute approximate surface area is 201 Å². The van der Waals surface area contributed by atoms with Crippen molar-refractivity contribution in [3.05, 3.63) is 100 Å². The lowest BCUT2D eigenvalue weighted by atomic mass is 9.95. The minimum absolute atomic E-state index is 0.0671. The van der Waals surface area contributed by atoms with Gasteiger partial charge < -0.3 is 10.0 Å². The van der Waals surface area contributed by atoms with E-state index in [-0.39, 0.29) is 11.3 Å². The van der Waals surface area contributed by atoms with E-state index < -0.39 is 23.5 Å². The number of hydrogen-bond acceptors (Lipinski definition) is 4. The Morgan fingerprint density at radius 3 is 2.21 bits per heavy atom. The molecule has 2 heterocycles. The van der Waals surface area contributed by atoms with E-state index >= 15 is 0 Å². The Morgan fingerprint density at radius 1 is 0.912 bits per heavy atom. The third-order valence-corrected chi connectivity index (χ3v) is 6.56. The molecule has 0 bridgehead atoms. The molecule has 7 heteroatoms. The summed E-state index contributed by atoms with van der Waals surface area (Å²) in [7, 11) is 0. The number of rotatable bonds is 4. The van der Waals surface area contributed by atoms with Crippen molar-refractivity contribution < 1.29 is 19.1 Å². The average Bonchev–Trinajstić information content (AvgIpc) is 3.47. The van der Waals surface area contributed by atoms with Crippen LogP contribution < -0.4 is 9.80 Å². The average molecular weight is 477 g/mol. The van der Waals surface area contributed by atoms with Crippen molar-refractivity contribution in [2.24, 2.45) is 0 Å². The lowest BCUT2D eigenvalue weighted by Crippen LogP contribution is -2.29. The van der Waals surface area contributed by atoms with Crippen LogP contribution >= 0.6 is 11.6 Å². The molecule has 2 saturated heterocycles. The summed E-state index contributed by atoms with van der Waals surface area (Å²) in [6.45, 7) is 1.97. The number of aliphatic hydroxyl groups excluding tert-OH is 1. The van der Waals surface area contributed by atoms with Gasteiger partial charge in [0.25, 0.3) is 11.7 Å². The highest BCUT2D eigenvalue weighted by Crippen LogP contribution is 2.42. The van der Waals surface area contributed by atoms with Gasteiger partial charge in [0.2, 0.25) is 0 Å². The number of benzene rings is 3. The van der Waals surface area contributed by atoms with Crippen molar-refractivity contribution in [3.8, 4) is 0 Å². The number of carbonyl (C=O) groups excluding carboxylic acids is 2. The van der Waals surface area contributed by atoms with Gasteiger partial charge in [-0.1, -0.05) is 35.9 Å². The smallest absolute Gasteiger partial charge is 0.300 e. The fourth-order valence-electron chi connectivity index (χ4n) is 4.65. The molecule has 2 fully saturated rings. The number of Topliss-reactive ketones (excluding diaryl/α,β-unsaturated/α-hetero) is 1. The van der Waals surface area contributed by atoms with Crippen LogP contribution in [-0.4, -0.2) is 29.9 Å². The number of nitrogens with zero attached hydrogens (tertiary/aromatic N) is 2. The number of hydrogen-bond donors (Lipinski definition) is 1. The van der Waals surface area contributed by atoms with Gasteiger partial charge in [-0.3, -0.25) is 14.5 Å². The van der Waals surface area contributed by atoms with Gasteiger partial charge in [-0.15, -0.1) is 0 Å². The SMILES string of the molecule is O=C1C(=O)N(c2ccc(N3CCCC3)cc2)C(c2ccc(F)cc2)/C1=C(\O)c1cccc(Cl)c1. The third kappa shape index (κ3) is 3.94. The molecule has 1 amide bonds. The lowest BCUT2D eigenvalue weighted by molar-refractivity contribution is -0.132. The van der Waals surface area contributed by atoms with E-state index in [1.807, 2.05) is 12.1 Å². The summed E-state index contributed by atoms with van der Waals surface area (Å²) in [5.41, 5.74) is 2.33. The van der Waals surface area contributed by atoms with Gasteiger partial charge in [0, 0.05) is 35.1 Å². The first kappa shape index (κ1) is 22.2. The van der Waals surface area contributed by atoms with Gasteiger partial charge in [0.1, 0.15) is 11.6 Å². The molecule has 34 heavy (non-hydrogen) atoms. The first-order valence-electron chi connectivity index (χ1n) is 11.1. The maximum Gasteiger partial charge on any atom is 0.300 e. The maximum atomic E-state index is 13.7. The van der Waals surface area contributed by atoms with Crippen molar-refractivity contribution in [2.75, 3.05) is 22.9 Å². The van der Waals surface area contributed by atoms with Crippen LogP contribution in [0.2, 0.25) is 5.02 Å². The van der Waals surface area contributed by atoms with E-state index in [1.54, 1.807) is 30.3 Å². The standard InChI is InChI=1S/C27H22ClFN2O3/c28-19-5-3-4-18(16-19)25(32)23-24(17-6-8-20(29)9-7-17)31(27(34)26(23)33)22-12-10-21(11-13-22)30-14-1-2-15-30/h3-13,16,24,32H,1-2,14-15H2/b25-23+. The van der Waals surface area contributed by atoms with E-state index in [4.69, 9.17) is 11.6 Å². The molecule has 172 valence electrons. The molecule has 2 aliphatic heterocycles. The largest absolute Gasteiger partial charge is 0.507 e. The lowest BCUT2D eigenvalue weighted by Gasteiger charge is -2.26. The molecule has 0 aliphatic carbocycles. The van der Waals surface area contributed by atoms with E-state index in [9.17, 15) is 19.1 Å². The Hall–Kier alpha value is -3.64. The van der Waals surface area contributed by atoms with Crippen LogP contribution in [0.3, 0.4) is 0 Å². The first-order valence-corrected chi connectivity index (χ1v) is 11.5. The van der Waals surface area contributed by atoms with Crippen molar-refractivity contribution in [2.45, 2.75) is 18.9 Å². The number of halogens is 2. The van der Waals surface area contributed by atoms with Crippen molar-refractivity contribution in [3.63, 3.8) is 0 Å². The molecule has 1 unspecified atom stereocenters. The molecule has 3 aromatic carbocycles. The predicted octanol–water partition coefficient (Wildman–Crippen LogP) is 5.71. The molecular formula is C27H22ClFN2O3. The molecule has 1 atom stereocenters. The molecule has 0 radical (unpaired) electrons. The topological polar surface area (TPSA) is 60.9 Å². The number of aliphatic hydroxyl groups is 1. The predicted molar refractivity (Wildman–Crippen MR) is 131 cm³/mol. The van der Waals surface area contributed by atoms with Crippen LogP contribution in [0.15, 0.2) is 78.4 Å². The maximum absolute atomic E-state index is 13.7. The molecular weight excluding hydrogens is 455 g/mol. The van der Waals surface area contributed by atoms with Gasteiger partial charge in [-0.05, 0) is 66.9 Å². The van der Waals surface area contributed by atoms with Crippen LogP contribution in [0.1, 0.15) is 30.0 Å². The van der Waals surface area contributed by atoms with E-state index in [2.05, 4.69) is 4.90 Å². The molecule has 0 aromatic heterocycles. The fraction of sp³-hybridized carbons (Fsp3) is 0.185. The second-order valence-electron chi connectivity index (χ2n) is 8.44. The molecule has 5 nitrogen and oxygen atoms in total. The van der Waals surface area contributed by atoms with Crippen LogP contribution in [0.4, 0.5) is 15.8 Å². The van der Waals surface area contributed by atoms with Crippen LogP contribution in [0.25, 0.3) is 5.76 Å². The second kappa shape index (κ2) is 8.95. The second-order valence-corrected chi connectivity index (χ2v) is 8.88. The molecule has 5 rings (SSSR count). The van der Waals surface area contributed by atoms with Gasteiger partial charge in [-0.2, -0.15) is 0 Å². The summed E-state index contributed by atoms with van der Waals surface area (Å²) in [6, 6.07) is 18.5. The monoisotopic (exact) mass is 476 g/mol. The quantitative estimate of drug-likeness (QED) is 0.298. The summed E-state index contributed by atoms with van der Waals surface area (Å²) < 4.78 is 13.7. The summed E-state index contributed by atoms with van der Waals surface area (Å²) in [5.74, 6) is -2.33. The highest BCUT2D eigenvalue weighted by Gasteiger charge is 2.47. The Kier molecular flexibility index (Phi) is 5.84. The van der Waals surface area contributed by atoms with Gasteiger partial charge in [0.15, 0.2) is 0 Å². The third-order valence-electron chi connectivity index (χ3n) is 6.33. The Morgan fingerprint density at radius 2 is 1.56 bits per heavy atom. The molecule has 0 spiro atoms. The first-order chi connectivity index (χ1) is 16.4.